The summed E-state index contributed by atoms with van der Waals surface area (Å²) in [5.41, 5.74) is 4.56. The molecule has 0 radical (unpaired) electrons. The summed E-state index contributed by atoms with van der Waals surface area (Å²) in [5, 5.41) is 4.34. The van der Waals surface area contributed by atoms with E-state index >= 15 is 0 Å². The second-order valence-electron chi connectivity index (χ2n) is 7.85. The van der Waals surface area contributed by atoms with Crippen molar-refractivity contribution in [2.24, 2.45) is 0 Å². The summed E-state index contributed by atoms with van der Waals surface area (Å²) >= 11 is 0. The molecule has 2 heterocycles. The van der Waals surface area contributed by atoms with E-state index < -0.39 is 6.04 Å². The lowest BCUT2D eigenvalue weighted by Crippen LogP contribution is -2.42. The zero-order valence-corrected chi connectivity index (χ0v) is 18.1. The standard InChI is InChI=1S/C25H29N3O3/c1-3-27-16-20-13-14-28(17-19-11-8-12-22(27)24(19)20)25(30)26-21(15-23(29)31-4-2)18-9-6-5-7-10-18/h5-12,16,21H,3-4,13-15,17H2,1-2H3,(H,26,30). The van der Waals surface area contributed by atoms with E-state index in [0.717, 1.165) is 24.1 Å². The minimum atomic E-state index is -0.430. The van der Waals surface area contributed by atoms with Crippen LogP contribution >= 0.6 is 0 Å². The van der Waals surface area contributed by atoms with Gasteiger partial charge in [0.2, 0.25) is 0 Å². The van der Waals surface area contributed by atoms with E-state index in [-0.39, 0.29) is 18.4 Å². The zero-order chi connectivity index (χ0) is 21.8. The first kappa shape index (κ1) is 21.0. The summed E-state index contributed by atoms with van der Waals surface area (Å²) in [6, 6.07) is 15.3. The van der Waals surface area contributed by atoms with Crippen molar-refractivity contribution in [3.8, 4) is 0 Å². The molecule has 2 aromatic carbocycles. The second kappa shape index (κ2) is 9.25. The van der Waals surface area contributed by atoms with Crippen LogP contribution in [0.2, 0.25) is 0 Å². The van der Waals surface area contributed by atoms with Crippen LogP contribution in [0.5, 0.6) is 0 Å². The molecule has 0 spiro atoms. The Bertz CT molecular complexity index is 1070. The number of aromatic nitrogens is 1. The summed E-state index contributed by atoms with van der Waals surface area (Å²) in [7, 11) is 0. The third-order valence-electron chi connectivity index (χ3n) is 5.89. The largest absolute Gasteiger partial charge is 0.466 e. The van der Waals surface area contributed by atoms with Crippen molar-refractivity contribution >= 4 is 22.9 Å². The van der Waals surface area contributed by atoms with E-state index in [4.69, 9.17) is 4.74 Å². The minimum Gasteiger partial charge on any atom is -0.466 e. The summed E-state index contributed by atoms with van der Waals surface area (Å²) in [5.74, 6) is -0.318. The molecule has 6 nitrogen and oxygen atoms in total. The number of hydrogen-bond donors (Lipinski definition) is 1. The van der Waals surface area contributed by atoms with Gasteiger partial charge in [-0.1, -0.05) is 42.5 Å². The third-order valence-corrected chi connectivity index (χ3v) is 5.89. The van der Waals surface area contributed by atoms with Crippen LogP contribution in [0.3, 0.4) is 0 Å². The van der Waals surface area contributed by atoms with Crippen molar-refractivity contribution in [3.05, 3.63) is 71.4 Å². The molecule has 4 rings (SSSR count). The molecule has 1 aliphatic heterocycles. The van der Waals surface area contributed by atoms with Crippen LogP contribution in [0.25, 0.3) is 10.9 Å². The average Bonchev–Trinajstić information content (AvgIpc) is 3.04. The van der Waals surface area contributed by atoms with Crippen molar-refractivity contribution in [1.82, 2.24) is 14.8 Å². The van der Waals surface area contributed by atoms with Gasteiger partial charge in [0.15, 0.2) is 0 Å². The number of rotatable bonds is 6. The van der Waals surface area contributed by atoms with Gasteiger partial charge in [-0.2, -0.15) is 0 Å². The van der Waals surface area contributed by atoms with Crippen molar-refractivity contribution in [1.29, 1.82) is 0 Å². The highest BCUT2D eigenvalue weighted by Gasteiger charge is 2.25. The molecule has 6 heteroatoms. The van der Waals surface area contributed by atoms with E-state index in [2.05, 4.69) is 41.2 Å². The van der Waals surface area contributed by atoms with Gasteiger partial charge in [-0.15, -0.1) is 0 Å². The van der Waals surface area contributed by atoms with Gasteiger partial charge in [-0.05, 0) is 43.0 Å². The maximum atomic E-state index is 13.2. The highest BCUT2D eigenvalue weighted by Crippen LogP contribution is 2.30. The monoisotopic (exact) mass is 419 g/mol. The zero-order valence-electron chi connectivity index (χ0n) is 18.1. The Kier molecular flexibility index (Phi) is 6.26. The lowest BCUT2D eigenvalue weighted by atomic mass is 10.0. The maximum Gasteiger partial charge on any atom is 0.318 e. The first-order chi connectivity index (χ1) is 15.1. The maximum absolute atomic E-state index is 13.2. The molecule has 0 bridgehead atoms. The Morgan fingerprint density at radius 3 is 2.61 bits per heavy atom. The number of amides is 2. The van der Waals surface area contributed by atoms with Crippen molar-refractivity contribution in [2.75, 3.05) is 13.2 Å². The molecule has 2 amide bonds. The number of ether oxygens (including phenoxy) is 1. The van der Waals surface area contributed by atoms with Gasteiger partial charge in [0.1, 0.15) is 0 Å². The summed E-state index contributed by atoms with van der Waals surface area (Å²) in [6.45, 7) is 6.36. The smallest absolute Gasteiger partial charge is 0.318 e. The Balaban J connectivity index is 1.55. The Morgan fingerprint density at radius 2 is 1.87 bits per heavy atom. The Labute approximate surface area is 182 Å². The molecule has 1 atom stereocenters. The van der Waals surface area contributed by atoms with Crippen LogP contribution in [0.1, 0.15) is 43.0 Å². The molecule has 1 aromatic heterocycles. The molecular weight excluding hydrogens is 390 g/mol. The molecule has 31 heavy (non-hydrogen) atoms. The molecule has 3 aromatic rings. The minimum absolute atomic E-state index is 0.106. The van der Waals surface area contributed by atoms with Crippen LogP contribution in [0, 0.1) is 0 Å². The van der Waals surface area contributed by atoms with Crippen LogP contribution in [-0.2, 0) is 29.0 Å². The fourth-order valence-electron chi connectivity index (χ4n) is 4.38. The molecular formula is C25H29N3O3. The molecule has 162 valence electrons. The van der Waals surface area contributed by atoms with Gasteiger partial charge < -0.3 is 19.5 Å². The topological polar surface area (TPSA) is 63.6 Å². The predicted octanol–water partition coefficient (Wildman–Crippen LogP) is 4.42. The highest BCUT2D eigenvalue weighted by molar-refractivity contribution is 5.88. The average molecular weight is 420 g/mol. The fourth-order valence-corrected chi connectivity index (χ4v) is 4.38. The lowest BCUT2D eigenvalue weighted by Gasteiger charge is -2.26. The Morgan fingerprint density at radius 1 is 1.06 bits per heavy atom. The van der Waals surface area contributed by atoms with Crippen molar-refractivity contribution in [2.45, 2.75) is 45.8 Å². The summed E-state index contributed by atoms with van der Waals surface area (Å²) in [4.78, 5) is 27.2. The molecule has 1 aliphatic rings. The fraction of sp³-hybridized carbons (Fsp3) is 0.360. The van der Waals surface area contributed by atoms with Gasteiger partial charge in [0.05, 0.1) is 19.1 Å². The number of carbonyl (C=O) groups excluding carboxylic acids is 2. The van der Waals surface area contributed by atoms with Crippen LogP contribution in [0.15, 0.2) is 54.7 Å². The summed E-state index contributed by atoms with van der Waals surface area (Å²) < 4.78 is 7.40. The van der Waals surface area contributed by atoms with Gasteiger partial charge in [0.25, 0.3) is 0 Å². The van der Waals surface area contributed by atoms with Gasteiger partial charge >= 0.3 is 12.0 Å². The first-order valence-corrected chi connectivity index (χ1v) is 11.0. The van der Waals surface area contributed by atoms with E-state index in [1.165, 1.54) is 16.5 Å². The number of benzene rings is 2. The van der Waals surface area contributed by atoms with Gasteiger partial charge in [0, 0.05) is 36.7 Å². The molecule has 0 saturated carbocycles. The van der Waals surface area contributed by atoms with Crippen molar-refractivity contribution < 1.29 is 14.3 Å². The second-order valence-corrected chi connectivity index (χ2v) is 7.85. The molecule has 0 aliphatic carbocycles. The van der Waals surface area contributed by atoms with Crippen LogP contribution < -0.4 is 5.32 Å². The number of nitrogens with zero attached hydrogens (tertiary/aromatic N) is 2. The quantitative estimate of drug-likeness (QED) is 0.602. The van der Waals surface area contributed by atoms with E-state index in [0.29, 0.717) is 19.7 Å². The summed E-state index contributed by atoms with van der Waals surface area (Å²) in [6.07, 6.45) is 3.12. The van der Waals surface area contributed by atoms with E-state index in [1.807, 2.05) is 35.2 Å². The first-order valence-electron chi connectivity index (χ1n) is 11.0. The highest BCUT2D eigenvalue weighted by atomic mass is 16.5. The lowest BCUT2D eigenvalue weighted by molar-refractivity contribution is -0.143. The Hall–Kier alpha value is -3.28. The molecule has 0 saturated heterocycles. The van der Waals surface area contributed by atoms with E-state index in [9.17, 15) is 9.59 Å². The van der Waals surface area contributed by atoms with Crippen molar-refractivity contribution in [3.63, 3.8) is 0 Å². The molecule has 1 N–H and O–H groups in total. The normalized spacial score (nSPS) is 14.2. The number of aryl methyl sites for hydroxylation is 1. The number of urea groups is 1. The number of hydrogen-bond acceptors (Lipinski definition) is 3. The van der Waals surface area contributed by atoms with Gasteiger partial charge in [-0.3, -0.25) is 4.79 Å². The SMILES string of the molecule is CCOC(=O)CC(NC(=O)N1CCc2cn(CC)c3cccc(c23)C1)c1ccccc1. The number of nitrogens with one attached hydrogen (secondary N) is 1. The number of carbonyl (C=O) groups is 2. The molecule has 1 unspecified atom stereocenters. The van der Waals surface area contributed by atoms with E-state index in [1.54, 1.807) is 6.92 Å². The van der Waals surface area contributed by atoms with Crippen LogP contribution in [0.4, 0.5) is 4.79 Å². The van der Waals surface area contributed by atoms with Gasteiger partial charge in [-0.25, -0.2) is 4.79 Å². The molecule has 0 fully saturated rings. The third kappa shape index (κ3) is 4.43. The predicted molar refractivity (Wildman–Crippen MR) is 121 cm³/mol. The van der Waals surface area contributed by atoms with Crippen LogP contribution in [-0.4, -0.2) is 34.6 Å². The number of esters is 1.